The molecule has 0 aliphatic carbocycles. The number of anilines is 1. The van der Waals surface area contributed by atoms with Crippen LogP contribution in [0.5, 0.6) is 5.75 Å². The fourth-order valence-corrected chi connectivity index (χ4v) is 4.24. The van der Waals surface area contributed by atoms with Crippen molar-refractivity contribution < 1.29 is 27.5 Å². The van der Waals surface area contributed by atoms with Gasteiger partial charge in [-0.05, 0) is 31.5 Å². The number of hydrogen-bond acceptors (Lipinski definition) is 6. The van der Waals surface area contributed by atoms with Crippen molar-refractivity contribution in [1.29, 1.82) is 0 Å². The van der Waals surface area contributed by atoms with Crippen molar-refractivity contribution in [3.8, 4) is 5.75 Å². The molecule has 1 aromatic carbocycles. The van der Waals surface area contributed by atoms with Gasteiger partial charge in [-0.15, -0.1) is 0 Å². The first-order chi connectivity index (χ1) is 13.2. The van der Waals surface area contributed by atoms with Gasteiger partial charge >= 0.3 is 6.09 Å². The number of benzene rings is 1. The molecule has 1 aromatic rings. The van der Waals surface area contributed by atoms with Gasteiger partial charge in [0.2, 0.25) is 10.0 Å². The highest BCUT2D eigenvalue weighted by Crippen LogP contribution is 2.36. The number of carbonyl (C=O) groups excluding carboxylic acids is 2. The number of ether oxygens (including phenoxy) is 2. The number of sulfonamides is 1. The number of nitrogens with zero attached hydrogens (tertiary/aromatic N) is 3. The first-order valence-corrected chi connectivity index (χ1v) is 11.0. The fraction of sp³-hybridized carbons (Fsp3) is 0.556. The summed E-state index contributed by atoms with van der Waals surface area (Å²) in [5.74, 6) is 0.0779. The van der Waals surface area contributed by atoms with Gasteiger partial charge in [-0.25, -0.2) is 13.2 Å². The quantitative estimate of drug-likeness (QED) is 0.731. The molecule has 3 rings (SSSR count). The lowest BCUT2D eigenvalue weighted by atomic mass is 10.1. The van der Waals surface area contributed by atoms with E-state index in [9.17, 15) is 18.0 Å². The summed E-state index contributed by atoms with van der Waals surface area (Å²) in [7, 11) is -3.57. The van der Waals surface area contributed by atoms with E-state index in [1.54, 1.807) is 28.9 Å². The SMILES string of the molecule is CCOC(=O)N1CCN(C(=O)C2CN(S(C)(=O)=O)c3cc(C)ccc3O2)CC1. The summed E-state index contributed by atoms with van der Waals surface area (Å²) in [4.78, 5) is 27.9. The maximum atomic E-state index is 12.9. The Kier molecular flexibility index (Phi) is 5.69. The molecule has 1 unspecified atom stereocenters. The van der Waals surface area contributed by atoms with Crippen LogP contribution in [0.3, 0.4) is 0 Å². The van der Waals surface area contributed by atoms with Crippen LogP contribution < -0.4 is 9.04 Å². The Bertz CT molecular complexity index is 864. The van der Waals surface area contributed by atoms with E-state index in [0.29, 0.717) is 44.2 Å². The Morgan fingerprint density at radius 1 is 1.18 bits per heavy atom. The van der Waals surface area contributed by atoms with Gasteiger partial charge in [-0.3, -0.25) is 9.10 Å². The van der Waals surface area contributed by atoms with Gasteiger partial charge in [0, 0.05) is 26.2 Å². The highest BCUT2D eigenvalue weighted by atomic mass is 32.2. The minimum Gasteiger partial charge on any atom is -0.476 e. The predicted molar refractivity (Wildman–Crippen MR) is 103 cm³/mol. The summed E-state index contributed by atoms with van der Waals surface area (Å²) in [5, 5.41) is 0. The number of rotatable bonds is 3. The Balaban J connectivity index is 1.73. The molecular formula is C18H25N3O6S. The lowest BCUT2D eigenvalue weighted by molar-refractivity contribution is -0.140. The third-order valence-corrected chi connectivity index (χ3v) is 5.92. The lowest BCUT2D eigenvalue weighted by Crippen LogP contribution is -2.57. The van der Waals surface area contributed by atoms with E-state index in [-0.39, 0.29) is 12.5 Å². The van der Waals surface area contributed by atoms with E-state index in [1.807, 2.05) is 13.0 Å². The summed E-state index contributed by atoms with van der Waals surface area (Å²) >= 11 is 0. The van der Waals surface area contributed by atoms with Crippen molar-refractivity contribution >= 4 is 27.7 Å². The summed E-state index contributed by atoms with van der Waals surface area (Å²) in [5.41, 5.74) is 1.34. The third-order valence-electron chi connectivity index (χ3n) is 4.78. The molecule has 9 nitrogen and oxygen atoms in total. The van der Waals surface area contributed by atoms with E-state index in [4.69, 9.17) is 9.47 Å². The second-order valence-corrected chi connectivity index (χ2v) is 8.79. The molecule has 1 fully saturated rings. The molecular weight excluding hydrogens is 386 g/mol. The molecule has 28 heavy (non-hydrogen) atoms. The standard InChI is InChI=1S/C18H25N3O6S/c1-4-26-18(23)20-9-7-19(8-10-20)17(22)16-12-21(28(3,24)25)14-11-13(2)5-6-15(14)27-16/h5-6,11,16H,4,7-10,12H2,1-3H3. The first-order valence-electron chi connectivity index (χ1n) is 9.16. The van der Waals surface area contributed by atoms with Crippen LogP contribution in [0.15, 0.2) is 18.2 Å². The van der Waals surface area contributed by atoms with Gasteiger partial charge in [-0.1, -0.05) is 6.07 Å². The molecule has 0 spiro atoms. The van der Waals surface area contributed by atoms with Gasteiger partial charge in [0.25, 0.3) is 5.91 Å². The molecule has 1 saturated heterocycles. The molecule has 2 aliphatic heterocycles. The predicted octanol–water partition coefficient (Wildman–Crippen LogP) is 0.823. The minimum absolute atomic E-state index is 0.0772. The van der Waals surface area contributed by atoms with Crippen molar-refractivity contribution in [1.82, 2.24) is 9.80 Å². The molecule has 154 valence electrons. The van der Waals surface area contributed by atoms with Gasteiger partial charge in [0.05, 0.1) is 25.1 Å². The smallest absolute Gasteiger partial charge is 0.409 e. The second kappa shape index (κ2) is 7.86. The number of fused-ring (bicyclic) bond motifs is 1. The van der Waals surface area contributed by atoms with Gasteiger partial charge in [0.1, 0.15) is 5.75 Å². The Hall–Kier alpha value is -2.49. The number of piperazine rings is 1. The van der Waals surface area contributed by atoms with E-state index < -0.39 is 22.2 Å². The Morgan fingerprint density at radius 3 is 2.43 bits per heavy atom. The number of aryl methyl sites for hydroxylation is 1. The molecule has 0 saturated carbocycles. The number of amides is 2. The summed E-state index contributed by atoms with van der Waals surface area (Å²) < 4.78 is 36.6. The average molecular weight is 411 g/mol. The summed E-state index contributed by atoms with van der Waals surface area (Å²) in [6.45, 7) is 5.24. The Morgan fingerprint density at radius 2 is 1.82 bits per heavy atom. The van der Waals surface area contributed by atoms with Crippen LogP contribution in [0.2, 0.25) is 0 Å². The normalized spacial score (nSPS) is 19.7. The largest absolute Gasteiger partial charge is 0.476 e. The molecule has 0 N–H and O–H groups in total. The summed E-state index contributed by atoms with van der Waals surface area (Å²) in [6, 6.07) is 5.22. The van der Waals surface area contributed by atoms with Crippen LogP contribution in [0.1, 0.15) is 12.5 Å². The molecule has 2 amide bonds. The zero-order chi connectivity index (χ0) is 20.5. The molecule has 0 aromatic heterocycles. The van der Waals surface area contributed by atoms with Crippen LogP contribution in [0.4, 0.5) is 10.5 Å². The number of hydrogen-bond donors (Lipinski definition) is 0. The molecule has 0 radical (unpaired) electrons. The van der Waals surface area contributed by atoms with Gasteiger partial charge in [-0.2, -0.15) is 0 Å². The topological polar surface area (TPSA) is 96.5 Å². The molecule has 2 heterocycles. The van der Waals surface area contributed by atoms with Crippen molar-refractivity contribution in [2.24, 2.45) is 0 Å². The van der Waals surface area contributed by atoms with Crippen LogP contribution >= 0.6 is 0 Å². The monoisotopic (exact) mass is 411 g/mol. The van der Waals surface area contributed by atoms with Crippen LogP contribution in [-0.4, -0.2) is 81.9 Å². The average Bonchev–Trinajstić information content (AvgIpc) is 2.66. The minimum atomic E-state index is -3.57. The second-order valence-electron chi connectivity index (χ2n) is 6.88. The third kappa shape index (κ3) is 4.16. The van der Waals surface area contributed by atoms with Gasteiger partial charge in [0.15, 0.2) is 6.10 Å². The summed E-state index contributed by atoms with van der Waals surface area (Å²) in [6.07, 6.45) is -0.209. The maximum absolute atomic E-state index is 12.9. The molecule has 2 aliphatic rings. The van der Waals surface area contributed by atoms with Crippen molar-refractivity contribution in [3.63, 3.8) is 0 Å². The molecule has 1 atom stereocenters. The first kappa shape index (κ1) is 20.2. The van der Waals surface area contributed by atoms with E-state index >= 15 is 0 Å². The van der Waals surface area contributed by atoms with Crippen molar-refractivity contribution in [2.75, 3.05) is 49.9 Å². The van der Waals surface area contributed by atoms with Crippen molar-refractivity contribution in [3.05, 3.63) is 23.8 Å². The maximum Gasteiger partial charge on any atom is 0.409 e. The van der Waals surface area contributed by atoms with Crippen LogP contribution in [0, 0.1) is 6.92 Å². The van der Waals surface area contributed by atoms with E-state index in [2.05, 4.69) is 0 Å². The van der Waals surface area contributed by atoms with Crippen molar-refractivity contribution in [2.45, 2.75) is 20.0 Å². The highest BCUT2D eigenvalue weighted by Gasteiger charge is 2.38. The van der Waals surface area contributed by atoms with E-state index in [0.717, 1.165) is 11.8 Å². The molecule has 10 heteroatoms. The Labute approximate surface area is 164 Å². The molecule has 0 bridgehead atoms. The zero-order valence-electron chi connectivity index (χ0n) is 16.3. The fourth-order valence-electron chi connectivity index (χ4n) is 3.33. The zero-order valence-corrected chi connectivity index (χ0v) is 17.1. The van der Waals surface area contributed by atoms with Crippen LogP contribution in [0.25, 0.3) is 0 Å². The lowest BCUT2D eigenvalue weighted by Gasteiger charge is -2.39. The van der Waals surface area contributed by atoms with Gasteiger partial charge < -0.3 is 19.3 Å². The highest BCUT2D eigenvalue weighted by molar-refractivity contribution is 7.92. The van der Waals surface area contributed by atoms with E-state index in [1.165, 1.54) is 4.31 Å². The van der Waals surface area contributed by atoms with Crippen LogP contribution in [-0.2, 0) is 19.6 Å². The number of carbonyl (C=O) groups is 2.